The van der Waals surface area contributed by atoms with Gasteiger partial charge in [-0.25, -0.2) is 4.79 Å². The highest BCUT2D eigenvalue weighted by Gasteiger charge is 2.28. The molecule has 82 valence electrons. The van der Waals surface area contributed by atoms with Gasteiger partial charge in [-0.1, -0.05) is 29.8 Å². The van der Waals surface area contributed by atoms with Crippen LogP contribution in [0.1, 0.15) is 11.5 Å². The van der Waals surface area contributed by atoms with Crippen LogP contribution in [0.5, 0.6) is 0 Å². The molecule has 0 aromatic heterocycles. The van der Waals surface area contributed by atoms with E-state index < -0.39 is 17.7 Å². The largest absolute Gasteiger partial charge is 0.463 e. The lowest BCUT2D eigenvalue weighted by Crippen LogP contribution is -2.22. The maximum Gasteiger partial charge on any atom is 0.376 e. The van der Waals surface area contributed by atoms with Crippen LogP contribution in [0.15, 0.2) is 24.3 Å². The first-order valence-corrected chi connectivity index (χ1v) is 4.75. The molecule has 0 aliphatic carbocycles. The van der Waals surface area contributed by atoms with E-state index in [2.05, 4.69) is 4.74 Å². The molecule has 0 spiro atoms. The predicted octanol–water partition coefficient (Wildman–Crippen LogP) is 1.69. The van der Waals surface area contributed by atoms with Crippen molar-refractivity contribution in [3.8, 4) is 6.07 Å². The Hall–Kier alpha value is -1.86. The fraction of sp³-hybridized carbons (Fsp3) is 0.182. The summed E-state index contributed by atoms with van der Waals surface area (Å²) in [6.07, 6.45) is 0. The lowest BCUT2D eigenvalue weighted by molar-refractivity contribution is -0.151. The SMILES string of the molecule is COC(=O)C(=O)[C@@H](C#N)c1ccccc1Cl. The van der Waals surface area contributed by atoms with E-state index in [0.29, 0.717) is 5.56 Å². The van der Waals surface area contributed by atoms with Crippen molar-refractivity contribution >= 4 is 23.4 Å². The summed E-state index contributed by atoms with van der Waals surface area (Å²) >= 11 is 5.83. The molecule has 0 amide bonds. The van der Waals surface area contributed by atoms with Crippen LogP contribution in [0.25, 0.3) is 0 Å². The molecule has 0 unspecified atom stereocenters. The van der Waals surface area contributed by atoms with E-state index in [0.717, 1.165) is 7.11 Å². The number of methoxy groups -OCH3 is 1. The molecule has 4 nitrogen and oxygen atoms in total. The number of esters is 1. The maximum atomic E-state index is 11.5. The van der Waals surface area contributed by atoms with Crippen LogP contribution in [-0.4, -0.2) is 18.9 Å². The zero-order chi connectivity index (χ0) is 12.1. The van der Waals surface area contributed by atoms with Gasteiger partial charge in [-0.15, -0.1) is 0 Å². The Labute approximate surface area is 97.4 Å². The minimum absolute atomic E-state index is 0.270. The second kappa shape index (κ2) is 5.29. The van der Waals surface area contributed by atoms with Crippen molar-refractivity contribution in [1.82, 2.24) is 0 Å². The van der Waals surface area contributed by atoms with Crippen molar-refractivity contribution in [3.63, 3.8) is 0 Å². The van der Waals surface area contributed by atoms with Crippen LogP contribution >= 0.6 is 11.6 Å². The minimum atomic E-state index is -1.22. The number of benzene rings is 1. The third kappa shape index (κ3) is 2.38. The molecule has 0 fully saturated rings. The molecule has 1 aromatic carbocycles. The number of carbonyl (C=O) groups excluding carboxylic acids is 2. The molecular weight excluding hydrogens is 230 g/mol. The molecule has 0 saturated carbocycles. The normalized spacial score (nSPS) is 11.3. The molecule has 0 saturated heterocycles. The van der Waals surface area contributed by atoms with Crippen LogP contribution in [0.2, 0.25) is 5.02 Å². The van der Waals surface area contributed by atoms with Crippen molar-refractivity contribution in [2.24, 2.45) is 0 Å². The number of rotatable bonds is 3. The first-order chi connectivity index (χ1) is 7.61. The molecule has 0 aliphatic heterocycles. The molecule has 0 aliphatic rings. The highest BCUT2D eigenvalue weighted by Crippen LogP contribution is 2.24. The molecule has 0 radical (unpaired) electrons. The lowest BCUT2D eigenvalue weighted by Gasteiger charge is -2.08. The van der Waals surface area contributed by atoms with E-state index in [4.69, 9.17) is 16.9 Å². The van der Waals surface area contributed by atoms with Gasteiger partial charge in [0.15, 0.2) is 0 Å². The number of ketones is 1. The zero-order valence-corrected chi connectivity index (χ0v) is 9.19. The first-order valence-electron chi connectivity index (χ1n) is 4.38. The van der Waals surface area contributed by atoms with Crippen LogP contribution in [0, 0.1) is 11.3 Å². The van der Waals surface area contributed by atoms with Gasteiger partial charge in [0.2, 0.25) is 0 Å². The first kappa shape index (κ1) is 12.2. The molecule has 0 heterocycles. The standard InChI is InChI=1S/C11H8ClNO3/c1-16-11(15)10(14)8(6-13)7-4-2-3-5-9(7)12/h2-5,8H,1H3/t8-/m0/s1. The van der Waals surface area contributed by atoms with Gasteiger partial charge in [0, 0.05) is 5.02 Å². The predicted molar refractivity (Wildman–Crippen MR) is 56.8 cm³/mol. The molecule has 1 rings (SSSR count). The number of nitrogens with zero attached hydrogens (tertiary/aromatic N) is 1. The van der Waals surface area contributed by atoms with Gasteiger partial charge in [0.1, 0.15) is 5.92 Å². The lowest BCUT2D eigenvalue weighted by atomic mass is 9.96. The van der Waals surface area contributed by atoms with E-state index in [1.54, 1.807) is 24.3 Å². The molecule has 1 atom stereocenters. The van der Waals surface area contributed by atoms with Gasteiger partial charge in [0.05, 0.1) is 13.2 Å². The number of ether oxygens (including phenoxy) is 1. The monoisotopic (exact) mass is 237 g/mol. The second-order valence-electron chi connectivity index (χ2n) is 2.94. The third-order valence-electron chi connectivity index (χ3n) is 1.99. The summed E-state index contributed by atoms with van der Waals surface area (Å²) in [6.45, 7) is 0. The van der Waals surface area contributed by atoms with Gasteiger partial charge in [-0.3, -0.25) is 4.79 Å². The Bertz CT molecular complexity index is 465. The van der Waals surface area contributed by atoms with E-state index in [1.165, 1.54) is 6.07 Å². The zero-order valence-electron chi connectivity index (χ0n) is 8.44. The third-order valence-corrected chi connectivity index (χ3v) is 2.34. The number of carbonyl (C=O) groups is 2. The van der Waals surface area contributed by atoms with Gasteiger partial charge in [-0.2, -0.15) is 5.26 Å². The summed E-state index contributed by atoms with van der Waals surface area (Å²) in [7, 11) is 1.08. The van der Waals surface area contributed by atoms with Gasteiger partial charge in [-0.05, 0) is 11.6 Å². The Morgan fingerprint density at radius 2 is 2.06 bits per heavy atom. The number of hydrogen-bond donors (Lipinski definition) is 0. The Balaban J connectivity index is 3.10. The fourth-order valence-corrected chi connectivity index (χ4v) is 1.44. The Kier molecular flexibility index (Phi) is 4.03. The maximum absolute atomic E-state index is 11.5. The molecule has 16 heavy (non-hydrogen) atoms. The van der Waals surface area contributed by atoms with Crippen molar-refractivity contribution in [3.05, 3.63) is 34.9 Å². The highest BCUT2D eigenvalue weighted by atomic mass is 35.5. The second-order valence-corrected chi connectivity index (χ2v) is 3.35. The minimum Gasteiger partial charge on any atom is -0.463 e. The number of Topliss-reactive ketones (excluding diaryl/α,β-unsaturated/α-hetero) is 1. The van der Waals surface area contributed by atoms with Crippen LogP contribution in [0.3, 0.4) is 0 Å². The topological polar surface area (TPSA) is 67.2 Å². The number of halogens is 1. The molecule has 0 bridgehead atoms. The van der Waals surface area contributed by atoms with E-state index in [1.807, 2.05) is 0 Å². The van der Waals surface area contributed by atoms with Gasteiger partial charge < -0.3 is 4.74 Å². The summed E-state index contributed by atoms with van der Waals surface area (Å²) in [5.74, 6) is -3.19. The number of hydrogen-bond acceptors (Lipinski definition) is 4. The fourth-order valence-electron chi connectivity index (χ4n) is 1.20. The van der Waals surface area contributed by atoms with E-state index >= 15 is 0 Å². The van der Waals surface area contributed by atoms with Crippen LogP contribution < -0.4 is 0 Å². The summed E-state index contributed by atoms with van der Waals surface area (Å²) < 4.78 is 4.27. The molecule has 0 N–H and O–H groups in total. The summed E-state index contributed by atoms with van der Waals surface area (Å²) in [4.78, 5) is 22.5. The van der Waals surface area contributed by atoms with Crippen LogP contribution in [0.4, 0.5) is 0 Å². The van der Waals surface area contributed by atoms with Gasteiger partial charge >= 0.3 is 5.97 Å². The van der Waals surface area contributed by atoms with Crippen molar-refractivity contribution in [2.75, 3.05) is 7.11 Å². The quantitative estimate of drug-likeness (QED) is 0.593. The summed E-state index contributed by atoms with van der Waals surface area (Å²) in [5.41, 5.74) is 0.307. The average Bonchev–Trinajstić information content (AvgIpc) is 2.31. The molecule has 1 aromatic rings. The van der Waals surface area contributed by atoms with Crippen molar-refractivity contribution in [2.45, 2.75) is 5.92 Å². The molecule has 5 heteroatoms. The molecular formula is C11H8ClNO3. The average molecular weight is 238 g/mol. The van der Waals surface area contributed by atoms with Crippen molar-refractivity contribution < 1.29 is 14.3 Å². The van der Waals surface area contributed by atoms with E-state index in [9.17, 15) is 9.59 Å². The van der Waals surface area contributed by atoms with E-state index in [-0.39, 0.29) is 5.02 Å². The Morgan fingerprint density at radius 3 is 2.56 bits per heavy atom. The highest BCUT2D eigenvalue weighted by molar-refractivity contribution is 6.38. The van der Waals surface area contributed by atoms with Crippen molar-refractivity contribution in [1.29, 1.82) is 5.26 Å². The smallest absolute Gasteiger partial charge is 0.376 e. The summed E-state index contributed by atoms with van der Waals surface area (Å²) in [5, 5.41) is 9.15. The number of nitriles is 1. The van der Waals surface area contributed by atoms with Gasteiger partial charge in [0.25, 0.3) is 5.78 Å². The Morgan fingerprint density at radius 1 is 1.44 bits per heavy atom. The van der Waals surface area contributed by atoms with Crippen LogP contribution in [-0.2, 0) is 14.3 Å². The summed E-state index contributed by atoms with van der Waals surface area (Å²) in [6, 6.07) is 8.12.